The van der Waals surface area contributed by atoms with Crippen molar-refractivity contribution < 1.29 is 4.79 Å². The van der Waals surface area contributed by atoms with E-state index >= 15 is 0 Å². The van der Waals surface area contributed by atoms with Gasteiger partial charge < -0.3 is 0 Å². The molecule has 0 amide bonds. The summed E-state index contributed by atoms with van der Waals surface area (Å²) in [6, 6.07) is 0. The van der Waals surface area contributed by atoms with Crippen molar-refractivity contribution in [3.05, 3.63) is 12.7 Å². The lowest BCUT2D eigenvalue weighted by Gasteiger charge is -1.94. The molecule has 1 heteroatoms. The predicted molar refractivity (Wildman–Crippen MR) is 44.0 cm³/mol. The molecular weight excluding hydrogens is 124 g/mol. The Bertz CT molecular complexity index is 105. The van der Waals surface area contributed by atoms with Crippen LogP contribution >= 0.6 is 0 Å². The molecule has 0 N–H and O–H groups in total. The van der Waals surface area contributed by atoms with Crippen LogP contribution in [0.3, 0.4) is 0 Å². The van der Waals surface area contributed by atoms with Crippen molar-refractivity contribution in [2.75, 3.05) is 0 Å². The van der Waals surface area contributed by atoms with Crippen LogP contribution in [-0.2, 0) is 4.79 Å². The summed E-state index contributed by atoms with van der Waals surface area (Å²) in [6.45, 7) is 5.66. The summed E-state index contributed by atoms with van der Waals surface area (Å²) in [5.41, 5.74) is 0. The number of unbranched alkanes of at least 4 members (excludes halogenated alkanes) is 1. The summed E-state index contributed by atoms with van der Waals surface area (Å²) < 4.78 is 0. The minimum absolute atomic E-state index is 0.377. The highest BCUT2D eigenvalue weighted by Crippen LogP contribution is 2.00. The first-order chi connectivity index (χ1) is 4.81. The average Bonchev–Trinajstić information content (AvgIpc) is 1.97. The fourth-order valence-corrected chi connectivity index (χ4v) is 0.762. The molecule has 0 aromatic heterocycles. The third-order valence-electron chi connectivity index (χ3n) is 1.44. The van der Waals surface area contributed by atoms with Crippen molar-refractivity contribution >= 4 is 5.78 Å². The molecule has 0 fully saturated rings. The molecule has 0 rings (SSSR count). The Hall–Kier alpha value is -0.590. The van der Waals surface area contributed by atoms with E-state index in [1.54, 1.807) is 6.08 Å². The molecule has 0 radical (unpaired) electrons. The van der Waals surface area contributed by atoms with E-state index in [0.717, 1.165) is 25.7 Å². The second kappa shape index (κ2) is 6.53. The number of rotatable bonds is 6. The molecule has 1 nitrogen and oxygen atoms in total. The fourth-order valence-electron chi connectivity index (χ4n) is 0.762. The smallest absolute Gasteiger partial charge is 0.133 e. The van der Waals surface area contributed by atoms with Gasteiger partial charge in [0.2, 0.25) is 0 Å². The third kappa shape index (κ3) is 5.54. The van der Waals surface area contributed by atoms with Gasteiger partial charge in [0.05, 0.1) is 0 Å². The Morgan fingerprint density at radius 2 is 2.20 bits per heavy atom. The molecule has 0 aliphatic heterocycles. The number of Topliss-reactive ketones (excluding diaryl/α,β-unsaturated/α-hetero) is 1. The van der Waals surface area contributed by atoms with Gasteiger partial charge in [0.1, 0.15) is 5.78 Å². The normalized spacial score (nSPS) is 9.30. The number of hydrogen-bond donors (Lipinski definition) is 0. The Labute approximate surface area is 63.1 Å². The zero-order chi connectivity index (χ0) is 7.82. The van der Waals surface area contributed by atoms with E-state index in [9.17, 15) is 4.79 Å². The number of ketones is 1. The van der Waals surface area contributed by atoms with Crippen LogP contribution < -0.4 is 0 Å². The molecule has 0 aromatic carbocycles. The van der Waals surface area contributed by atoms with E-state index in [1.807, 2.05) is 0 Å². The summed E-state index contributed by atoms with van der Waals surface area (Å²) in [7, 11) is 0. The van der Waals surface area contributed by atoms with Gasteiger partial charge in [-0.1, -0.05) is 19.4 Å². The SMILES string of the molecule is C=CCCC(=O)CCCC. The third-order valence-corrected chi connectivity index (χ3v) is 1.44. The zero-order valence-corrected chi connectivity index (χ0v) is 6.73. The Morgan fingerprint density at radius 1 is 1.50 bits per heavy atom. The summed E-state index contributed by atoms with van der Waals surface area (Å²) in [5.74, 6) is 0.377. The maximum absolute atomic E-state index is 10.9. The second-order valence-electron chi connectivity index (χ2n) is 2.47. The second-order valence-corrected chi connectivity index (χ2v) is 2.47. The number of carbonyl (C=O) groups excluding carboxylic acids is 1. The van der Waals surface area contributed by atoms with Crippen molar-refractivity contribution in [2.45, 2.75) is 39.0 Å². The molecule has 0 aliphatic rings. The number of carbonyl (C=O) groups is 1. The molecule has 0 saturated carbocycles. The van der Waals surface area contributed by atoms with E-state index in [4.69, 9.17) is 0 Å². The molecule has 58 valence electrons. The summed E-state index contributed by atoms with van der Waals surface area (Å²) in [6.07, 6.45) is 6.22. The van der Waals surface area contributed by atoms with Crippen molar-refractivity contribution in [2.24, 2.45) is 0 Å². The number of allylic oxidation sites excluding steroid dienone is 1. The lowest BCUT2D eigenvalue weighted by molar-refractivity contribution is -0.119. The lowest BCUT2D eigenvalue weighted by Crippen LogP contribution is -1.95. The molecule has 0 aromatic rings. The lowest BCUT2D eigenvalue weighted by atomic mass is 10.1. The Morgan fingerprint density at radius 3 is 2.70 bits per heavy atom. The minimum Gasteiger partial charge on any atom is -0.300 e. The minimum atomic E-state index is 0.377. The largest absolute Gasteiger partial charge is 0.300 e. The zero-order valence-electron chi connectivity index (χ0n) is 6.73. The molecule has 0 saturated heterocycles. The highest BCUT2D eigenvalue weighted by atomic mass is 16.1. The maximum Gasteiger partial charge on any atom is 0.133 e. The molecule has 0 atom stereocenters. The van der Waals surface area contributed by atoms with Gasteiger partial charge in [-0.25, -0.2) is 0 Å². The monoisotopic (exact) mass is 140 g/mol. The van der Waals surface area contributed by atoms with Gasteiger partial charge >= 0.3 is 0 Å². The first-order valence-electron chi connectivity index (χ1n) is 3.93. The molecule has 0 unspecified atom stereocenters. The van der Waals surface area contributed by atoms with Crippen molar-refractivity contribution in [1.82, 2.24) is 0 Å². The Balaban J connectivity index is 3.16. The van der Waals surface area contributed by atoms with Gasteiger partial charge in [-0.15, -0.1) is 6.58 Å². The van der Waals surface area contributed by atoms with Crippen LogP contribution in [0.2, 0.25) is 0 Å². The molecule has 10 heavy (non-hydrogen) atoms. The van der Waals surface area contributed by atoms with Crippen molar-refractivity contribution in [3.8, 4) is 0 Å². The van der Waals surface area contributed by atoms with Gasteiger partial charge in [0.25, 0.3) is 0 Å². The van der Waals surface area contributed by atoms with Crippen LogP contribution in [-0.4, -0.2) is 5.78 Å². The molecule has 0 aliphatic carbocycles. The predicted octanol–water partition coefficient (Wildman–Crippen LogP) is 2.71. The van der Waals surface area contributed by atoms with E-state index in [2.05, 4.69) is 13.5 Å². The van der Waals surface area contributed by atoms with Gasteiger partial charge in [-0.2, -0.15) is 0 Å². The van der Waals surface area contributed by atoms with E-state index < -0.39 is 0 Å². The summed E-state index contributed by atoms with van der Waals surface area (Å²) in [4.78, 5) is 10.9. The topological polar surface area (TPSA) is 17.1 Å². The van der Waals surface area contributed by atoms with E-state index in [0.29, 0.717) is 12.2 Å². The maximum atomic E-state index is 10.9. The van der Waals surface area contributed by atoms with Crippen LogP contribution in [0.5, 0.6) is 0 Å². The fraction of sp³-hybridized carbons (Fsp3) is 0.667. The first-order valence-corrected chi connectivity index (χ1v) is 3.93. The first kappa shape index (κ1) is 9.41. The van der Waals surface area contributed by atoms with Crippen LogP contribution in [0.15, 0.2) is 12.7 Å². The molecule has 0 bridgehead atoms. The highest BCUT2D eigenvalue weighted by molar-refractivity contribution is 5.78. The Kier molecular flexibility index (Phi) is 6.14. The van der Waals surface area contributed by atoms with Crippen LogP contribution in [0.4, 0.5) is 0 Å². The van der Waals surface area contributed by atoms with E-state index in [-0.39, 0.29) is 0 Å². The summed E-state index contributed by atoms with van der Waals surface area (Å²) in [5, 5.41) is 0. The molecular formula is C9H16O. The van der Waals surface area contributed by atoms with Crippen LogP contribution in [0.1, 0.15) is 39.0 Å². The summed E-state index contributed by atoms with van der Waals surface area (Å²) >= 11 is 0. The van der Waals surface area contributed by atoms with E-state index in [1.165, 1.54) is 0 Å². The molecule has 0 spiro atoms. The van der Waals surface area contributed by atoms with Gasteiger partial charge in [0, 0.05) is 12.8 Å². The van der Waals surface area contributed by atoms with Gasteiger partial charge in [-0.3, -0.25) is 4.79 Å². The standard InChI is InChI=1S/C9H16O/c1-3-5-7-9(10)8-6-4-2/h3H,1,4-8H2,2H3. The highest BCUT2D eigenvalue weighted by Gasteiger charge is 1.97. The van der Waals surface area contributed by atoms with Crippen molar-refractivity contribution in [3.63, 3.8) is 0 Å². The average molecular weight is 140 g/mol. The quantitative estimate of drug-likeness (QED) is 0.518. The van der Waals surface area contributed by atoms with Crippen LogP contribution in [0.25, 0.3) is 0 Å². The van der Waals surface area contributed by atoms with Gasteiger partial charge in [-0.05, 0) is 12.8 Å². The van der Waals surface area contributed by atoms with Gasteiger partial charge in [0.15, 0.2) is 0 Å². The van der Waals surface area contributed by atoms with Crippen molar-refractivity contribution in [1.29, 1.82) is 0 Å². The van der Waals surface area contributed by atoms with Crippen LogP contribution in [0, 0.1) is 0 Å². The number of hydrogen-bond acceptors (Lipinski definition) is 1. The molecule has 0 heterocycles.